The number of fused-ring (bicyclic) bond motifs is 1. The zero-order valence-corrected chi connectivity index (χ0v) is 18.3. The van der Waals surface area contributed by atoms with E-state index in [9.17, 15) is 9.59 Å². The Morgan fingerprint density at radius 3 is 2.81 bits per heavy atom. The lowest BCUT2D eigenvalue weighted by molar-refractivity contribution is -0.132. The normalized spacial score (nSPS) is 15.5. The monoisotopic (exact) mass is 431 g/mol. The average molecular weight is 431 g/mol. The number of alkyl carbamates (subject to hydrolysis) is 1. The van der Waals surface area contributed by atoms with Gasteiger partial charge in [0.2, 0.25) is 5.91 Å². The summed E-state index contributed by atoms with van der Waals surface area (Å²) >= 11 is 0. The summed E-state index contributed by atoms with van der Waals surface area (Å²) in [5.41, 5.74) is 1.50. The van der Waals surface area contributed by atoms with Crippen LogP contribution >= 0.6 is 0 Å². The smallest absolute Gasteiger partial charge is 0.407 e. The number of ether oxygens (including phenoxy) is 2. The number of hydrogen-bond acceptors (Lipinski definition) is 8. The SMILES string of the molecule is CN(Cc1nn[nH]n1)C(=O)C1Cc2ccccc2N1COCCNC(=O)OC(C)(C)C. The van der Waals surface area contributed by atoms with E-state index in [-0.39, 0.29) is 25.8 Å². The van der Waals surface area contributed by atoms with Crippen molar-refractivity contribution in [2.24, 2.45) is 0 Å². The van der Waals surface area contributed by atoms with Gasteiger partial charge in [0, 0.05) is 25.7 Å². The lowest BCUT2D eigenvalue weighted by Crippen LogP contribution is -2.47. The third kappa shape index (κ3) is 6.14. The fraction of sp³-hybridized carbons (Fsp3) is 0.550. The summed E-state index contributed by atoms with van der Waals surface area (Å²) in [6.45, 7) is 6.50. The minimum atomic E-state index is -0.550. The summed E-state index contributed by atoms with van der Waals surface area (Å²) in [7, 11) is 1.71. The molecule has 0 bridgehead atoms. The van der Waals surface area contributed by atoms with E-state index in [0.717, 1.165) is 11.3 Å². The van der Waals surface area contributed by atoms with E-state index in [0.29, 0.717) is 18.8 Å². The number of hydrogen-bond donors (Lipinski definition) is 2. The van der Waals surface area contributed by atoms with Crippen molar-refractivity contribution in [3.63, 3.8) is 0 Å². The summed E-state index contributed by atoms with van der Waals surface area (Å²) < 4.78 is 11.0. The highest BCUT2D eigenvalue weighted by molar-refractivity contribution is 5.88. The molecule has 0 aliphatic carbocycles. The van der Waals surface area contributed by atoms with Crippen LogP contribution in [-0.2, 0) is 27.2 Å². The Hall–Kier alpha value is -3.21. The van der Waals surface area contributed by atoms with Gasteiger partial charge in [-0.2, -0.15) is 5.21 Å². The summed E-state index contributed by atoms with van der Waals surface area (Å²) in [5, 5.41) is 16.4. The van der Waals surface area contributed by atoms with Crippen LogP contribution in [0.1, 0.15) is 32.2 Å². The fourth-order valence-corrected chi connectivity index (χ4v) is 3.33. The lowest BCUT2D eigenvalue weighted by Gasteiger charge is -2.29. The molecule has 1 atom stereocenters. The van der Waals surface area contributed by atoms with Crippen LogP contribution in [0.4, 0.5) is 10.5 Å². The minimum Gasteiger partial charge on any atom is -0.444 e. The van der Waals surface area contributed by atoms with Gasteiger partial charge in [-0.05, 0) is 32.4 Å². The molecule has 3 rings (SSSR count). The van der Waals surface area contributed by atoms with Crippen molar-refractivity contribution in [1.29, 1.82) is 0 Å². The standard InChI is InChI=1S/C20H29N7O4/c1-20(2,3)31-19(29)21-9-10-30-13-27-15-8-6-5-7-14(15)11-16(27)18(28)26(4)12-17-22-24-25-23-17/h5-8,16H,9-13H2,1-4H3,(H,21,29)(H,22,23,24,25). The molecule has 1 aliphatic rings. The number of amides is 2. The van der Waals surface area contributed by atoms with E-state index >= 15 is 0 Å². The second-order valence-corrected chi connectivity index (χ2v) is 8.31. The number of aromatic nitrogens is 4. The highest BCUT2D eigenvalue weighted by atomic mass is 16.6. The minimum absolute atomic E-state index is 0.0588. The van der Waals surface area contributed by atoms with Crippen molar-refractivity contribution in [2.75, 3.05) is 31.8 Å². The Bertz CT molecular complexity index is 882. The number of likely N-dealkylation sites (N-methyl/N-ethyl adjacent to an activating group) is 1. The molecule has 0 radical (unpaired) electrons. The van der Waals surface area contributed by atoms with Crippen molar-refractivity contribution in [3.8, 4) is 0 Å². The van der Waals surface area contributed by atoms with Crippen LogP contribution in [-0.4, -0.2) is 76.1 Å². The van der Waals surface area contributed by atoms with Gasteiger partial charge in [-0.25, -0.2) is 4.79 Å². The molecule has 2 heterocycles. The van der Waals surface area contributed by atoms with Crippen molar-refractivity contribution in [3.05, 3.63) is 35.7 Å². The molecule has 0 saturated carbocycles. The number of rotatable bonds is 8. The number of benzene rings is 1. The molecule has 1 aromatic carbocycles. The zero-order chi connectivity index (χ0) is 22.4. The number of carbonyl (C=O) groups excluding carboxylic acids is 2. The van der Waals surface area contributed by atoms with Gasteiger partial charge in [0.25, 0.3) is 0 Å². The first-order valence-electron chi connectivity index (χ1n) is 10.1. The van der Waals surface area contributed by atoms with Crippen LogP contribution in [0.3, 0.4) is 0 Å². The quantitative estimate of drug-likeness (QED) is 0.595. The predicted octanol–water partition coefficient (Wildman–Crippen LogP) is 1.09. The first kappa shape index (κ1) is 22.5. The van der Waals surface area contributed by atoms with Crippen molar-refractivity contribution >= 4 is 17.7 Å². The zero-order valence-electron chi connectivity index (χ0n) is 18.3. The maximum atomic E-state index is 13.1. The van der Waals surface area contributed by atoms with E-state index in [1.807, 2.05) is 29.2 Å². The van der Waals surface area contributed by atoms with Gasteiger partial charge in [0.1, 0.15) is 18.4 Å². The van der Waals surface area contributed by atoms with Crippen LogP contribution in [0.25, 0.3) is 0 Å². The Morgan fingerprint density at radius 2 is 2.10 bits per heavy atom. The average Bonchev–Trinajstić information content (AvgIpc) is 3.33. The topological polar surface area (TPSA) is 126 Å². The van der Waals surface area contributed by atoms with Gasteiger partial charge >= 0.3 is 6.09 Å². The summed E-state index contributed by atoms with van der Waals surface area (Å²) in [6, 6.07) is 7.49. The maximum Gasteiger partial charge on any atom is 0.407 e. The first-order valence-corrected chi connectivity index (χ1v) is 10.1. The summed E-state index contributed by atoms with van der Waals surface area (Å²) in [4.78, 5) is 28.4. The van der Waals surface area contributed by atoms with Crippen molar-refractivity contribution < 1.29 is 19.1 Å². The molecule has 2 amide bonds. The largest absolute Gasteiger partial charge is 0.444 e. The number of anilines is 1. The number of carbonyl (C=O) groups is 2. The first-order chi connectivity index (χ1) is 14.7. The number of tetrazole rings is 1. The van der Waals surface area contributed by atoms with E-state index in [1.165, 1.54) is 0 Å². The van der Waals surface area contributed by atoms with Crippen LogP contribution in [0.5, 0.6) is 0 Å². The molecule has 168 valence electrons. The van der Waals surface area contributed by atoms with E-state index < -0.39 is 17.7 Å². The fourth-order valence-electron chi connectivity index (χ4n) is 3.33. The second kappa shape index (κ2) is 9.73. The van der Waals surface area contributed by atoms with Gasteiger partial charge in [-0.1, -0.05) is 23.4 Å². The van der Waals surface area contributed by atoms with Crippen LogP contribution in [0.2, 0.25) is 0 Å². The molecule has 31 heavy (non-hydrogen) atoms. The van der Waals surface area contributed by atoms with E-state index in [2.05, 4.69) is 25.9 Å². The molecule has 2 N–H and O–H groups in total. The molecule has 1 unspecified atom stereocenters. The molecule has 0 fully saturated rings. The van der Waals surface area contributed by atoms with Crippen LogP contribution < -0.4 is 10.2 Å². The predicted molar refractivity (Wildman–Crippen MR) is 112 cm³/mol. The Kier molecular flexibility index (Phi) is 7.06. The van der Waals surface area contributed by atoms with Crippen molar-refractivity contribution in [2.45, 2.75) is 45.4 Å². The lowest BCUT2D eigenvalue weighted by atomic mass is 10.1. The number of H-pyrrole nitrogens is 1. The van der Waals surface area contributed by atoms with Crippen molar-refractivity contribution in [1.82, 2.24) is 30.8 Å². The summed E-state index contributed by atoms with van der Waals surface area (Å²) in [5.74, 6) is 0.388. The van der Waals surface area contributed by atoms with Gasteiger partial charge < -0.3 is 24.6 Å². The number of nitrogens with one attached hydrogen (secondary N) is 2. The molecular weight excluding hydrogens is 402 g/mol. The van der Waals surface area contributed by atoms with Gasteiger partial charge in [0.15, 0.2) is 5.82 Å². The molecule has 1 aromatic heterocycles. The third-order valence-electron chi connectivity index (χ3n) is 4.66. The Balaban J connectivity index is 1.55. The van der Waals surface area contributed by atoms with Gasteiger partial charge in [-0.3, -0.25) is 4.79 Å². The molecule has 0 spiro atoms. The Labute approximate surface area is 181 Å². The van der Waals surface area contributed by atoms with E-state index in [4.69, 9.17) is 9.47 Å². The highest BCUT2D eigenvalue weighted by Crippen LogP contribution is 2.32. The van der Waals surface area contributed by atoms with E-state index in [1.54, 1.807) is 32.7 Å². The highest BCUT2D eigenvalue weighted by Gasteiger charge is 2.36. The molecule has 11 heteroatoms. The molecule has 2 aromatic rings. The second-order valence-electron chi connectivity index (χ2n) is 8.31. The van der Waals surface area contributed by atoms with Crippen LogP contribution in [0.15, 0.2) is 24.3 Å². The third-order valence-corrected chi connectivity index (χ3v) is 4.66. The van der Waals surface area contributed by atoms with Gasteiger partial charge in [-0.15, -0.1) is 10.2 Å². The molecular formula is C20H29N7O4. The molecule has 11 nitrogen and oxygen atoms in total. The number of nitrogens with zero attached hydrogens (tertiary/aromatic N) is 5. The summed E-state index contributed by atoms with van der Waals surface area (Å²) in [6.07, 6.45) is 0.101. The maximum absolute atomic E-state index is 13.1. The number of para-hydroxylation sites is 1. The molecule has 1 aliphatic heterocycles. The Morgan fingerprint density at radius 1 is 1.32 bits per heavy atom. The molecule has 0 saturated heterocycles. The number of aromatic amines is 1. The van der Waals surface area contributed by atoms with Gasteiger partial charge in [0.05, 0.1) is 13.2 Å². The van der Waals surface area contributed by atoms with Crippen LogP contribution in [0, 0.1) is 0 Å².